The van der Waals surface area contributed by atoms with Crippen LogP contribution in [0, 0.1) is 0 Å². The number of amides is 4. The molecule has 130 valence electrons. The molecule has 24 heavy (non-hydrogen) atoms. The van der Waals surface area contributed by atoms with Gasteiger partial charge in [-0.15, -0.1) is 0 Å². The van der Waals surface area contributed by atoms with Crippen molar-refractivity contribution < 1.29 is 14.4 Å². The zero-order valence-corrected chi connectivity index (χ0v) is 14.6. The molecule has 0 unspecified atom stereocenters. The molecule has 0 aromatic heterocycles. The van der Waals surface area contributed by atoms with Gasteiger partial charge < -0.3 is 20.9 Å². The van der Waals surface area contributed by atoms with Gasteiger partial charge in [0.1, 0.15) is 6.04 Å². The number of carbonyl (C=O) groups is 3. The predicted octanol–water partition coefficient (Wildman–Crippen LogP) is 1.85. The fraction of sp³-hybridized carbons (Fsp3) is 0.400. The molecule has 1 aliphatic rings. The quantitative estimate of drug-likeness (QED) is 0.753. The van der Waals surface area contributed by atoms with Crippen LogP contribution in [0.5, 0.6) is 0 Å². The molecule has 4 amide bonds. The highest BCUT2D eigenvalue weighted by Gasteiger charge is 2.34. The Hall–Kier alpha value is -1.99. The number of carbonyl (C=O) groups excluding carboxylic acids is 3. The van der Waals surface area contributed by atoms with Gasteiger partial charge in [-0.25, -0.2) is 4.79 Å². The highest BCUT2D eigenvalue weighted by Crippen LogP contribution is 2.29. The standard InChI is InChI=1S/C15H18Cl2N4O3/c1-2-18-15(24)21-7-6-19-14(23)11(21)8-12(22)20-10-5-3-4-9(16)13(10)17/h3-5,11H,2,6-8H2,1H3,(H,18,24)(H,19,23)(H,20,22)/t11-/m1/s1. The van der Waals surface area contributed by atoms with Crippen molar-refractivity contribution in [2.24, 2.45) is 0 Å². The Morgan fingerprint density at radius 2 is 2.12 bits per heavy atom. The molecule has 1 saturated heterocycles. The van der Waals surface area contributed by atoms with Crippen molar-refractivity contribution in [3.63, 3.8) is 0 Å². The van der Waals surface area contributed by atoms with E-state index in [0.29, 0.717) is 30.3 Å². The molecular formula is C15H18Cl2N4O3. The summed E-state index contributed by atoms with van der Waals surface area (Å²) in [6, 6.07) is 3.62. The molecule has 1 heterocycles. The zero-order chi connectivity index (χ0) is 17.7. The average Bonchev–Trinajstić information content (AvgIpc) is 2.54. The second-order valence-corrected chi connectivity index (χ2v) is 5.97. The van der Waals surface area contributed by atoms with Crippen LogP contribution in [0.15, 0.2) is 18.2 Å². The Bertz CT molecular complexity index is 654. The van der Waals surface area contributed by atoms with E-state index in [9.17, 15) is 14.4 Å². The van der Waals surface area contributed by atoms with Crippen LogP contribution < -0.4 is 16.0 Å². The third-order valence-corrected chi connectivity index (χ3v) is 4.34. The number of nitrogens with zero attached hydrogens (tertiary/aromatic N) is 1. The summed E-state index contributed by atoms with van der Waals surface area (Å²) in [4.78, 5) is 37.7. The van der Waals surface area contributed by atoms with Crippen LogP contribution in [-0.4, -0.2) is 48.4 Å². The molecular weight excluding hydrogens is 355 g/mol. The van der Waals surface area contributed by atoms with Crippen LogP contribution in [0.2, 0.25) is 10.0 Å². The molecule has 0 saturated carbocycles. The maximum atomic E-state index is 12.3. The van der Waals surface area contributed by atoms with Crippen molar-refractivity contribution >= 4 is 46.7 Å². The minimum absolute atomic E-state index is 0.175. The number of piperazine rings is 1. The SMILES string of the molecule is CCNC(=O)N1CCNC(=O)[C@H]1CC(=O)Nc1cccc(Cl)c1Cl. The second-order valence-electron chi connectivity index (χ2n) is 5.19. The molecule has 0 radical (unpaired) electrons. The van der Waals surface area contributed by atoms with Gasteiger partial charge in [-0.2, -0.15) is 0 Å². The van der Waals surface area contributed by atoms with Crippen molar-refractivity contribution in [1.29, 1.82) is 0 Å². The van der Waals surface area contributed by atoms with Crippen LogP contribution in [0.25, 0.3) is 0 Å². The molecule has 1 aromatic carbocycles. The molecule has 0 spiro atoms. The fourth-order valence-electron chi connectivity index (χ4n) is 2.39. The summed E-state index contributed by atoms with van der Waals surface area (Å²) in [7, 11) is 0. The lowest BCUT2D eigenvalue weighted by Crippen LogP contribution is -2.60. The summed E-state index contributed by atoms with van der Waals surface area (Å²) in [5, 5.41) is 8.46. The van der Waals surface area contributed by atoms with E-state index < -0.39 is 11.9 Å². The van der Waals surface area contributed by atoms with Gasteiger partial charge in [-0.3, -0.25) is 9.59 Å². The van der Waals surface area contributed by atoms with Crippen LogP contribution in [0.1, 0.15) is 13.3 Å². The topological polar surface area (TPSA) is 90.5 Å². The van der Waals surface area contributed by atoms with Gasteiger partial charge >= 0.3 is 6.03 Å². The zero-order valence-electron chi connectivity index (χ0n) is 13.1. The summed E-state index contributed by atoms with van der Waals surface area (Å²) >= 11 is 11.9. The number of anilines is 1. The second kappa shape index (κ2) is 8.21. The molecule has 1 fully saturated rings. The third-order valence-electron chi connectivity index (χ3n) is 3.52. The lowest BCUT2D eigenvalue weighted by molar-refractivity contribution is -0.131. The van der Waals surface area contributed by atoms with Gasteiger partial charge in [0.05, 0.1) is 22.2 Å². The molecule has 3 N–H and O–H groups in total. The van der Waals surface area contributed by atoms with Crippen LogP contribution in [-0.2, 0) is 9.59 Å². The van der Waals surface area contributed by atoms with E-state index in [0.717, 1.165) is 0 Å². The normalized spacial score (nSPS) is 17.2. The van der Waals surface area contributed by atoms with E-state index in [1.54, 1.807) is 25.1 Å². The molecule has 0 aliphatic carbocycles. The van der Waals surface area contributed by atoms with E-state index in [-0.39, 0.29) is 23.4 Å². The largest absolute Gasteiger partial charge is 0.353 e. The molecule has 1 aliphatic heterocycles. The maximum absolute atomic E-state index is 12.3. The Kier molecular flexibility index (Phi) is 6.28. The molecule has 1 atom stereocenters. The van der Waals surface area contributed by atoms with E-state index in [1.165, 1.54) is 4.90 Å². The van der Waals surface area contributed by atoms with Gasteiger partial charge in [-0.05, 0) is 19.1 Å². The molecule has 9 heteroatoms. The molecule has 7 nitrogen and oxygen atoms in total. The number of hydrogen-bond acceptors (Lipinski definition) is 3. The monoisotopic (exact) mass is 372 g/mol. The first-order valence-electron chi connectivity index (χ1n) is 7.50. The number of urea groups is 1. The van der Waals surface area contributed by atoms with E-state index >= 15 is 0 Å². The van der Waals surface area contributed by atoms with Gasteiger partial charge in [0, 0.05) is 19.6 Å². The Morgan fingerprint density at radius 1 is 1.38 bits per heavy atom. The first kappa shape index (κ1) is 18.4. The van der Waals surface area contributed by atoms with E-state index in [4.69, 9.17) is 23.2 Å². The minimum atomic E-state index is -0.872. The third kappa shape index (κ3) is 4.30. The predicted molar refractivity (Wildman–Crippen MR) is 92.3 cm³/mol. The Labute approximate surface area is 149 Å². The number of benzene rings is 1. The Morgan fingerprint density at radius 3 is 2.83 bits per heavy atom. The Balaban J connectivity index is 2.08. The summed E-state index contributed by atoms with van der Waals surface area (Å²) in [5.41, 5.74) is 0.356. The number of rotatable bonds is 4. The van der Waals surface area contributed by atoms with Gasteiger partial charge in [-0.1, -0.05) is 29.3 Å². The van der Waals surface area contributed by atoms with Crippen LogP contribution in [0.3, 0.4) is 0 Å². The number of nitrogens with one attached hydrogen (secondary N) is 3. The average molecular weight is 373 g/mol. The van der Waals surface area contributed by atoms with Gasteiger partial charge in [0.15, 0.2) is 0 Å². The maximum Gasteiger partial charge on any atom is 0.318 e. The van der Waals surface area contributed by atoms with E-state index in [2.05, 4.69) is 16.0 Å². The van der Waals surface area contributed by atoms with Gasteiger partial charge in [0.25, 0.3) is 0 Å². The lowest BCUT2D eigenvalue weighted by Gasteiger charge is -2.34. The molecule has 0 bridgehead atoms. The van der Waals surface area contributed by atoms with Crippen molar-refractivity contribution in [2.45, 2.75) is 19.4 Å². The fourth-order valence-corrected chi connectivity index (χ4v) is 2.74. The highest BCUT2D eigenvalue weighted by molar-refractivity contribution is 6.44. The molecule has 1 aromatic rings. The first-order chi connectivity index (χ1) is 11.4. The highest BCUT2D eigenvalue weighted by atomic mass is 35.5. The summed E-state index contributed by atoms with van der Waals surface area (Å²) in [6.07, 6.45) is -0.175. The number of hydrogen-bond donors (Lipinski definition) is 3. The first-order valence-corrected chi connectivity index (χ1v) is 8.25. The van der Waals surface area contributed by atoms with Crippen LogP contribution >= 0.6 is 23.2 Å². The van der Waals surface area contributed by atoms with Crippen molar-refractivity contribution in [2.75, 3.05) is 25.0 Å². The van der Waals surface area contributed by atoms with Crippen LogP contribution in [0.4, 0.5) is 10.5 Å². The summed E-state index contributed by atoms with van der Waals surface area (Å²) in [5.74, 6) is -0.796. The summed E-state index contributed by atoms with van der Waals surface area (Å²) in [6.45, 7) is 2.92. The van der Waals surface area contributed by atoms with E-state index in [1.807, 2.05) is 0 Å². The minimum Gasteiger partial charge on any atom is -0.353 e. The number of halogens is 2. The lowest BCUT2D eigenvalue weighted by atomic mass is 10.1. The van der Waals surface area contributed by atoms with Gasteiger partial charge in [0.2, 0.25) is 11.8 Å². The van der Waals surface area contributed by atoms with Crippen molar-refractivity contribution in [1.82, 2.24) is 15.5 Å². The summed E-state index contributed by atoms with van der Waals surface area (Å²) < 4.78 is 0. The molecule has 2 rings (SSSR count). The smallest absolute Gasteiger partial charge is 0.318 e. The van der Waals surface area contributed by atoms with Crippen molar-refractivity contribution in [3.8, 4) is 0 Å². The van der Waals surface area contributed by atoms with Crippen molar-refractivity contribution in [3.05, 3.63) is 28.2 Å².